The van der Waals surface area contributed by atoms with Crippen molar-refractivity contribution in [3.05, 3.63) is 41.9 Å². The van der Waals surface area contributed by atoms with Crippen LogP contribution in [0, 0.1) is 0 Å². The Morgan fingerprint density at radius 3 is 2.81 bits per heavy atom. The highest BCUT2D eigenvalue weighted by atomic mass is 32.1. The zero-order valence-electron chi connectivity index (χ0n) is 14.9. The first-order valence-electron chi connectivity index (χ1n) is 8.83. The highest BCUT2D eigenvalue weighted by Gasteiger charge is 2.15. The van der Waals surface area contributed by atoms with Gasteiger partial charge in [-0.3, -0.25) is 0 Å². The molecule has 0 aliphatic heterocycles. The molecule has 0 aliphatic rings. The number of hydrogen-bond donors (Lipinski definition) is 0. The second kappa shape index (κ2) is 7.39. The summed E-state index contributed by atoms with van der Waals surface area (Å²) in [4.78, 5) is 11.5. The second-order valence-corrected chi connectivity index (χ2v) is 6.86. The van der Waals surface area contributed by atoms with Gasteiger partial charge in [-0.1, -0.05) is 32.0 Å². The predicted molar refractivity (Wildman–Crippen MR) is 105 cm³/mol. The van der Waals surface area contributed by atoms with Gasteiger partial charge in [0.1, 0.15) is 6.61 Å². The Hall–Kier alpha value is -2.51. The van der Waals surface area contributed by atoms with E-state index < -0.39 is 0 Å². The SMILES string of the molecule is CCN(CC)CCOc1nc(-c2csc3ccccc23)n2nccc2n1. The zero-order chi connectivity index (χ0) is 17.9. The van der Waals surface area contributed by atoms with Crippen molar-refractivity contribution in [3.8, 4) is 17.4 Å². The average Bonchev–Trinajstić information content (AvgIpc) is 3.31. The van der Waals surface area contributed by atoms with Crippen molar-refractivity contribution in [2.24, 2.45) is 0 Å². The molecule has 0 bridgehead atoms. The van der Waals surface area contributed by atoms with Crippen LogP contribution in [0.4, 0.5) is 0 Å². The Morgan fingerprint density at radius 2 is 1.96 bits per heavy atom. The second-order valence-electron chi connectivity index (χ2n) is 5.95. The maximum atomic E-state index is 5.87. The summed E-state index contributed by atoms with van der Waals surface area (Å²) < 4.78 is 8.86. The van der Waals surface area contributed by atoms with Gasteiger partial charge in [-0.2, -0.15) is 19.6 Å². The van der Waals surface area contributed by atoms with Gasteiger partial charge in [0.2, 0.25) is 0 Å². The molecule has 7 heteroatoms. The van der Waals surface area contributed by atoms with Gasteiger partial charge in [-0.15, -0.1) is 11.3 Å². The van der Waals surface area contributed by atoms with Crippen molar-refractivity contribution < 1.29 is 4.74 Å². The van der Waals surface area contributed by atoms with E-state index in [1.165, 1.54) is 10.1 Å². The number of ether oxygens (including phenoxy) is 1. The van der Waals surface area contributed by atoms with Crippen LogP contribution in [-0.4, -0.2) is 50.7 Å². The highest BCUT2D eigenvalue weighted by molar-refractivity contribution is 7.17. The quantitative estimate of drug-likeness (QED) is 0.498. The van der Waals surface area contributed by atoms with E-state index in [0.717, 1.165) is 36.7 Å². The fourth-order valence-corrected chi connectivity index (χ4v) is 3.94. The lowest BCUT2D eigenvalue weighted by Gasteiger charge is -2.17. The van der Waals surface area contributed by atoms with Crippen LogP contribution in [0.2, 0.25) is 0 Å². The predicted octanol–water partition coefficient (Wildman–Crippen LogP) is 3.73. The average molecular weight is 367 g/mol. The lowest BCUT2D eigenvalue weighted by molar-refractivity contribution is 0.212. The molecule has 0 saturated carbocycles. The Labute approximate surface area is 156 Å². The van der Waals surface area contributed by atoms with Crippen LogP contribution in [0.3, 0.4) is 0 Å². The summed E-state index contributed by atoms with van der Waals surface area (Å²) in [6, 6.07) is 10.6. The number of likely N-dealkylation sites (N-methyl/N-ethyl adjacent to an activating group) is 1. The van der Waals surface area contributed by atoms with E-state index in [0.29, 0.717) is 12.6 Å². The van der Waals surface area contributed by atoms with Crippen LogP contribution in [0.15, 0.2) is 41.9 Å². The van der Waals surface area contributed by atoms with E-state index in [9.17, 15) is 0 Å². The van der Waals surface area contributed by atoms with Crippen LogP contribution in [0.1, 0.15) is 13.8 Å². The molecule has 4 rings (SSSR count). The van der Waals surface area contributed by atoms with Crippen LogP contribution >= 0.6 is 11.3 Å². The van der Waals surface area contributed by atoms with E-state index in [1.807, 2.05) is 18.2 Å². The normalized spacial score (nSPS) is 11.7. The van der Waals surface area contributed by atoms with Gasteiger partial charge < -0.3 is 9.64 Å². The van der Waals surface area contributed by atoms with Crippen molar-refractivity contribution in [2.45, 2.75) is 13.8 Å². The van der Waals surface area contributed by atoms with Crippen molar-refractivity contribution >= 4 is 27.1 Å². The van der Waals surface area contributed by atoms with Gasteiger partial charge >= 0.3 is 6.01 Å². The minimum atomic E-state index is 0.399. The number of thiophene rings is 1. The summed E-state index contributed by atoms with van der Waals surface area (Å²) in [7, 11) is 0. The van der Waals surface area contributed by atoms with Gasteiger partial charge in [-0.25, -0.2) is 0 Å². The highest BCUT2D eigenvalue weighted by Crippen LogP contribution is 2.33. The molecule has 0 radical (unpaired) electrons. The van der Waals surface area contributed by atoms with Crippen molar-refractivity contribution in [1.29, 1.82) is 0 Å². The van der Waals surface area contributed by atoms with Crippen molar-refractivity contribution in [2.75, 3.05) is 26.2 Å². The fraction of sp³-hybridized carbons (Fsp3) is 0.316. The minimum absolute atomic E-state index is 0.399. The molecule has 1 aromatic carbocycles. The van der Waals surface area contributed by atoms with Crippen LogP contribution < -0.4 is 4.74 Å². The van der Waals surface area contributed by atoms with Crippen molar-refractivity contribution in [1.82, 2.24) is 24.5 Å². The number of aromatic nitrogens is 4. The van der Waals surface area contributed by atoms with Gasteiger partial charge in [0.25, 0.3) is 0 Å². The van der Waals surface area contributed by atoms with Crippen LogP contribution in [0.5, 0.6) is 6.01 Å². The molecule has 134 valence electrons. The molecule has 6 nitrogen and oxygen atoms in total. The van der Waals surface area contributed by atoms with Gasteiger partial charge in [0.15, 0.2) is 11.5 Å². The summed E-state index contributed by atoms with van der Waals surface area (Å²) in [5.41, 5.74) is 1.79. The summed E-state index contributed by atoms with van der Waals surface area (Å²) in [5.74, 6) is 0.760. The number of rotatable bonds is 7. The third-order valence-electron chi connectivity index (χ3n) is 4.49. The molecule has 0 spiro atoms. The Kier molecular flexibility index (Phi) is 4.81. The summed E-state index contributed by atoms with van der Waals surface area (Å²) in [5, 5.41) is 7.68. The lowest BCUT2D eigenvalue weighted by atomic mass is 10.2. The van der Waals surface area contributed by atoms with Crippen LogP contribution in [-0.2, 0) is 0 Å². The molecule has 0 unspecified atom stereocenters. The number of fused-ring (bicyclic) bond motifs is 2. The van der Waals surface area contributed by atoms with E-state index in [1.54, 1.807) is 22.0 Å². The fourth-order valence-electron chi connectivity index (χ4n) is 3.00. The van der Waals surface area contributed by atoms with Crippen LogP contribution in [0.25, 0.3) is 27.1 Å². The monoisotopic (exact) mass is 367 g/mol. The molecular formula is C19H21N5OS. The molecule has 3 aromatic heterocycles. The molecule has 26 heavy (non-hydrogen) atoms. The van der Waals surface area contributed by atoms with E-state index in [-0.39, 0.29) is 0 Å². The topological polar surface area (TPSA) is 55.5 Å². The molecule has 4 aromatic rings. The number of benzene rings is 1. The van der Waals surface area contributed by atoms with E-state index in [4.69, 9.17) is 4.74 Å². The van der Waals surface area contributed by atoms with E-state index >= 15 is 0 Å². The zero-order valence-corrected chi connectivity index (χ0v) is 15.7. The minimum Gasteiger partial charge on any atom is -0.462 e. The largest absolute Gasteiger partial charge is 0.462 e. The maximum Gasteiger partial charge on any atom is 0.320 e. The molecule has 3 heterocycles. The molecule has 0 atom stereocenters. The molecule has 0 fully saturated rings. The number of hydrogen-bond acceptors (Lipinski definition) is 6. The first-order valence-corrected chi connectivity index (χ1v) is 9.71. The Morgan fingerprint density at radius 1 is 1.12 bits per heavy atom. The van der Waals surface area contributed by atoms with E-state index in [2.05, 4.69) is 51.3 Å². The summed E-state index contributed by atoms with van der Waals surface area (Å²) >= 11 is 1.70. The van der Waals surface area contributed by atoms with Gasteiger partial charge in [0, 0.05) is 33.6 Å². The number of nitrogens with zero attached hydrogens (tertiary/aromatic N) is 5. The molecule has 0 aliphatic carbocycles. The van der Waals surface area contributed by atoms with Crippen molar-refractivity contribution in [3.63, 3.8) is 0 Å². The lowest BCUT2D eigenvalue weighted by Crippen LogP contribution is -2.28. The maximum absolute atomic E-state index is 5.87. The van der Waals surface area contributed by atoms with Gasteiger partial charge in [0.05, 0.1) is 6.20 Å². The summed E-state index contributed by atoms with van der Waals surface area (Å²) in [6.45, 7) is 7.74. The molecule has 0 amide bonds. The third kappa shape index (κ3) is 3.15. The molecule has 0 saturated heterocycles. The molecule has 0 N–H and O–H groups in total. The smallest absolute Gasteiger partial charge is 0.320 e. The summed E-state index contributed by atoms with van der Waals surface area (Å²) in [6.07, 6.45) is 1.74. The molecular weight excluding hydrogens is 346 g/mol. The third-order valence-corrected chi connectivity index (χ3v) is 5.45. The first-order chi connectivity index (χ1) is 12.8. The Bertz CT molecular complexity index is 1020. The Balaban J connectivity index is 1.69. The van der Waals surface area contributed by atoms with Gasteiger partial charge in [-0.05, 0) is 19.2 Å². The standard InChI is InChI=1S/C19H21N5OS/c1-3-23(4-2)11-12-25-19-21-17-9-10-20-24(17)18(22-19)15-13-26-16-8-6-5-7-14(15)16/h5-10,13H,3-4,11-12H2,1-2H3. The first kappa shape index (κ1) is 16.9.